The van der Waals surface area contributed by atoms with E-state index in [1.807, 2.05) is 48.5 Å². The predicted octanol–water partition coefficient (Wildman–Crippen LogP) is -0.0786. The number of fused-ring (bicyclic) bond motifs is 2. The second kappa shape index (κ2) is 12.7. The molecule has 1 saturated carbocycles. The summed E-state index contributed by atoms with van der Waals surface area (Å²) >= 11 is 0. The Balaban J connectivity index is 1.39. The summed E-state index contributed by atoms with van der Waals surface area (Å²) < 4.78 is 5.81. The molecule has 3 aliphatic heterocycles. The molecule has 3 fully saturated rings. The molecule has 1 aromatic rings. The molecule has 6 atom stereocenters. The summed E-state index contributed by atoms with van der Waals surface area (Å²) in [6.45, 7) is 4.80. The minimum atomic E-state index is -0.575. The van der Waals surface area contributed by atoms with Crippen molar-refractivity contribution in [2.45, 2.75) is 94.9 Å². The molecule has 2 saturated heterocycles. The number of hydrogen-bond acceptors (Lipinski definition) is 4. The molecule has 214 valence electrons. The van der Waals surface area contributed by atoms with Crippen molar-refractivity contribution in [3.63, 3.8) is 0 Å². The first-order valence-electron chi connectivity index (χ1n) is 15.3. The average Bonchev–Trinajstić information content (AvgIpc) is 3.44. The molecule has 1 aromatic carbocycles. The van der Waals surface area contributed by atoms with Crippen molar-refractivity contribution < 1.29 is 29.3 Å². The Morgan fingerprint density at radius 2 is 1.90 bits per heavy atom. The van der Waals surface area contributed by atoms with Crippen LogP contribution in [0.25, 0.3) is 0 Å². The quantitative estimate of drug-likeness (QED) is 0.369. The van der Waals surface area contributed by atoms with Gasteiger partial charge in [0.25, 0.3) is 5.91 Å². The lowest BCUT2D eigenvalue weighted by Gasteiger charge is -2.43. The van der Waals surface area contributed by atoms with Crippen molar-refractivity contribution in [3.8, 4) is 5.75 Å². The Hall–Kier alpha value is -2.65. The summed E-state index contributed by atoms with van der Waals surface area (Å²) in [5.74, 6) is 0.692. The van der Waals surface area contributed by atoms with Gasteiger partial charge in [-0.15, -0.1) is 0 Å². The van der Waals surface area contributed by atoms with Gasteiger partial charge in [0.05, 0.1) is 32.8 Å². The van der Waals surface area contributed by atoms with Gasteiger partial charge in [-0.25, -0.2) is 0 Å². The second-order valence-electron chi connectivity index (χ2n) is 11.9. The molecule has 4 aliphatic rings. The molecule has 1 aliphatic carbocycles. The number of hydrogen-bond donors (Lipinski definition) is 4. The van der Waals surface area contributed by atoms with Crippen LogP contribution in [0.1, 0.15) is 76.3 Å². The first-order chi connectivity index (χ1) is 19.0. The lowest BCUT2D eigenvalue weighted by atomic mass is 9.82. The van der Waals surface area contributed by atoms with Gasteiger partial charge in [0, 0.05) is 31.2 Å². The average molecular weight is 542 g/mol. The molecule has 5 rings (SSSR count). The molecule has 0 radical (unpaired) electrons. The fourth-order valence-electron chi connectivity index (χ4n) is 7.29. The van der Waals surface area contributed by atoms with Crippen LogP contribution in [0.5, 0.6) is 5.75 Å². The molecule has 0 bridgehead atoms. The first kappa shape index (κ1) is 27.9. The van der Waals surface area contributed by atoms with Crippen LogP contribution < -0.4 is 25.6 Å². The maximum atomic E-state index is 14.4. The third-order valence-electron chi connectivity index (χ3n) is 9.60. The van der Waals surface area contributed by atoms with E-state index < -0.39 is 12.1 Å². The van der Waals surface area contributed by atoms with Crippen LogP contribution in [0.3, 0.4) is 0 Å². The number of nitrogens with two attached hydrogens (primary N) is 1. The first-order valence-corrected chi connectivity index (χ1v) is 15.3. The van der Waals surface area contributed by atoms with Gasteiger partial charge in [0.1, 0.15) is 24.4 Å². The largest absolute Gasteiger partial charge is 0.493 e. The van der Waals surface area contributed by atoms with Gasteiger partial charge >= 0.3 is 0 Å². The number of benzene rings is 1. The van der Waals surface area contributed by atoms with Crippen LogP contribution in [-0.4, -0.2) is 80.1 Å². The number of piperazine rings is 1. The molecular formula is C30H47N5O4+2. The topological polar surface area (TPSA) is 109 Å². The zero-order valence-electron chi connectivity index (χ0n) is 23.6. The van der Waals surface area contributed by atoms with Crippen molar-refractivity contribution in [3.05, 3.63) is 29.8 Å². The van der Waals surface area contributed by atoms with E-state index in [1.54, 1.807) is 0 Å². The van der Waals surface area contributed by atoms with Crippen molar-refractivity contribution >= 4 is 17.7 Å². The highest BCUT2D eigenvalue weighted by molar-refractivity contribution is 5.93. The smallest absolute Gasteiger partial charge is 0.278 e. The molecule has 0 spiro atoms. The monoisotopic (exact) mass is 541 g/mol. The molecular weight excluding hydrogens is 494 g/mol. The van der Waals surface area contributed by atoms with E-state index in [2.05, 4.69) is 10.6 Å². The number of nitrogens with zero attached hydrogens (tertiary/aromatic N) is 1. The molecule has 1 unspecified atom stereocenters. The van der Waals surface area contributed by atoms with Crippen LogP contribution in [0.4, 0.5) is 0 Å². The number of amides is 3. The Morgan fingerprint density at radius 3 is 2.67 bits per heavy atom. The zero-order valence-corrected chi connectivity index (χ0v) is 23.6. The highest BCUT2D eigenvalue weighted by Crippen LogP contribution is 2.32. The Bertz CT molecular complexity index is 1020. The van der Waals surface area contributed by atoms with Crippen LogP contribution >= 0.6 is 0 Å². The maximum Gasteiger partial charge on any atom is 0.278 e. The summed E-state index contributed by atoms with van der Waals surface area (Å²) in [5, 5.41) is 8.39. The summed E-state index contributed by atoms with van der Waals surface area (Å²) in [5.41, 5.74) is 0.992. The molecule has 3 amide bonds. The Morgan fingerprint density at radius 1 is 1.10 bits per heavy atom. The number of rotatable bonds is 8. The number of quaternary nitrogens is 2. The third kappa shape index (κ3) is 6.09. The molecule has 9 nitrogen and oxygen atoms in total. The fraction of sp³-hybridized carbons (Fsp3) is 0.700. The van der Waals surface area contributed by atoms with Gasteiger partial charge in [0.2, 0.25) is 11.8 Å². The molecule has 9 heteroatoms. The standard InChI is InChI=1S/C30H45N5O4/c1-3-23(31-2)28(36)33-27(20-10-5-4-6-11-20)30(38)35-18-21-12-9-16-34(21)19-25(35)29(37)32-24-15-17-39-26-14-8-7-13-22(24)26/h7-8,13-14,20-21,23-25,27,31H,3-6,9-12,15-19H2,1-2H3,(H,32,37)(H,33,36)/p+2/t21-,23+,24-,25+,27+/m1/s1. The normalized spacial score (nSPS) is 28.4. The maximum absolute atomic E-state index is 14.4. The van der Waals surface area contributed by atoms with Crippen molar-refractivity contribution in [2.24, 2.45) is 5.92 Å². The van der Waals surface area contributed by atoms with E-state index in [0.717, 1.165) is 56.4 Å². The van der Waals surface area contributed by atoms with E-state index >= 15 is 0 Å². The van der Waals surface area contributed by atoms with Gasteiger partial charge < -0.3 is 30.5 Å². The van der Waals surface area contributed by atoms with Gasteiger partial charge in [-0.05, 0) is 24.8 Å². The van der Waals surface area contributed by atoms with Crippen molar-refractivity contribution in [1.82, 2.24) is 15.5 Å². The third-order valence-corrected chi connectivity index (χ3v) is 9.60. The molecule has 39 heavy (non-hydrogen) atoms. The van der Waals surface area contributed by atoms with Gasteiger partial charge in [-0.1, -0.05) is 44.4 Å². The zero-order chi connectivity index (χ0) is 27.4. The second-order valence-corrected chi connectivity index (χ2v) is 11.9. The summed E-state index contributed by atoms with van der Waals surface area (Å²) in [7, 11) is 1.90. The van der Waals surface area contributed by atoms with Crippen molar-refractivity contribution in [2.75, 3.05) is 33.3 Å². The Kier molecular flexibility index (Phi) is 9.07. The number of ether oxygens (including phenoxy) is 1. The van der Waals surface area contributed by atoms with Crippen LogP contribution in [-0.2, 0) is 14.4 Å². The van der Waals surface area contributed by atoms with Crippen LogP contribution in [0, 0.1) is 5.92 Å². The summed E-state index contributed by atoms with van der Waals surface area (Å²) in [4.78, 5) is 44.9. The highest BCUT2D eigenvalue weighted by Gasteiger charge is 2.48. The van der Waals surface area contributed by atoms with Gasteiger partial charge in [-0.3, -0.25) is 14.4 Å². The minimum absolute atomic E-state index is 0.0697. The number of para-hydroxylation sites is 1. The van der Waals surface area contributed by atoms with Crippen LogP contribution in [0.15, 0.2) is 24.3 Å². The minimum Gasteiger partial charge on any atom is -0.493 e. The lowest BCUT2D eigenvalue weighted by Crippen LogP contribution is -3.17. The lowest BCUT2D eigenvalue weighted by molar-refractivity contribution is -0.918. The number of carbonyl (C=O) groups is 3. The number of nitrogens with one attached hydrogen (secondary N) is 3. The van der Waals surface area contributed by atoms with E-state index in [1.165, 1.54) is 11.3 Å². The van der Waals surface area contributed by atoms with Crippen LogP contribution in [0.2, 0.25) is 0 Å². The molecule has 3 heterocycles. The fourth-order valence-corrected chi connectivity index (χ4v) is 7.29. The van der Waals surface area contributed by atoms with E-state index in [9.17, 15) is 14.4 Å². The molecule has 0 aromatic heterocycles. The van der Waals surface area contributed by atoms with E-state index in [4.69, 9.17) is 4.74 Å². The summed E-state index contributed by atoms with van der Waals surface area (Å²) in [6.07, 6.45) is 8.81. The van der Waals surface area contributed by atoms with E-state index in [0.29, 0.717) is 38.6 Å². The number of carbonyl (C=O) groups excluding carboxylic acids is 3. The highest BCUT2D eigenvalue weighted by atomic mass is 16.5. The Labute approximate surface area is 232 Å². The van der Waals surface area contributed by atoms with Gasteiger partial charge in [-0.2, -0.15) is 0 Å². The predicted molar refractivity (Wildman–Crippen MR) is 147 cm³/mol. The van der Waals surface area contributed by atoms with Crippen molar-refractivity contribution in [1.29, 1.82) is 0 Å². The molecule has 5 N–H and O–H groups in total. The summed E-state index contributed by atoms with van der Waals surface area (Å²) in [6, 6.07) is 6.76. The SMILES string of the molecule is CC[C@H]([NH2+]C)C(=O)N[C@H](C(=O)N1C[C@H]2CCC[NH+]2C[C@H]1C(=O)N[C@@H]1CCOc2ccccc21)C1CCCCC1. The number of likely N-dealkylation sites (N-methyl/N-ethyl adjacent to an activating group) is 1. The van der Waals surface area contributed by atoms with Gasteiger partial charge in [0.15, 0.2) is 12.1 Å². The van der Waals surface area contributed by atoms with E-state index in [-0.39, 0.29) is 35.7 Å².